The van der Waals surface area contributed by atoms with Crippen molar-refractivity contribution in [3.8, 4) is 0 Å². The monoisotopic (exact) mass is 411 g/mol. The number of alkyl halides is 1. The Labute approximate surface area is 155 Å². The molecule has 136 valence electrons. The summed E-state index contributed by atoms with van der Waals surface area (Å²) in [4.78, 5) is 4.23. The molecule has 2 aromatic rings. The zero-order valence-electron chi connectivity index (χ0n) is 14.2. The quantitative estimate of drug-likeness (QED) is 0.711. The molecule has 0 radical (unpaired) electrons. The lowest BCUT2D eigenvalue weighted by molar-refractivity contribution is 0.0257. The molecule has 0 saturated heterocycles. The van der Waals surface area contributed by atoms with Crippen molar-refractivity contribution in [1.29, 1.82) is 0 Å². The molecule has 1 heterocycles. The minimum atomic E-state index is -0.452. The molecule has 0 amide bonds. The largest absolute Gasteiger partial charge is 0.392 e. The number of aliphatic hydroxyl groups is 1. The second kappa shape index (κ2) is 7.93. The van der Waals surface area contributed by atoms with Crippen molar-refractivity contribution in [1.82, 2.24) is 14.8 Å². The van der Waals surface area contributed by atoms with Crippen LogP contribution in [-0.4, -0.2) is 38.4 Å². The first kappa shape index (κ1) is 18.5. The minimum Gasteiger partial charge on any atom is -0.392 e. The number of aliphatic hydroxyl groups excluding tert-OH is 1. The van der Waals surface area contributed by atoms with E-state index >= 15 is 0 Å². The second-order valence-electron chi connectivity index (χ2n) is 6.86. The summed E-state index contributed by atoms with van der Waals surface area (Å²) in [5, 5.41) is 16.1. The van der Waals surface area contributed by atoms with Crippen LogP contribution in [0.2, 0.25) is 0 Å². The second-order valence-corrected chi connectivity index (χ2v) is 7.42. The third-order valence-corrected chi connectivity index (χ3v) is 6.22. The lowest BCUT2D eigenvalue weighted by Crippen LogP contribution is -2.39. The normalized spacial score (nSPS) is 26.2. The van der Waals surface area contributed by atoms with Crippen molar-refractivity contribution >= 4 is 15.9 Å². The number of methoxy groups -OCH3 is 1. The third kappa shape index (κ3) is 4.10. The Kier molecular flexibility index (Phi) is 5.86. The van der Waals surface area contributed by atoms with Gasteiger partial charge in [-0.2, -0.15) is 5.10 Å². The van der Waals surface area contributed by atoms with Gasteiger partial charge >= 0.3 is 0 Å². The van der Waals surface area contributed by atoms with Crippen LogP contribution in [0, 0.1) is 17.2 Å². The summed E-state index contributed by atoms with van der Waals surface area (Å²) in [5.41, 5.74) is 0.780. The summed E-state index contributed by atoms with van der Waals surface area (Å²) in [5.74, 6) is 0.566. The maximum absolute atomic E-state index is 13.1. The molecule has 1 aromatic carbocycles. The van der Waals surface area contributed by atoms with E-state index in [0.29, 0.717) is 24.3 Å². The molecule has 25 heavy (non-hydrogen) atoms. The summed E-state index contributed by atoms with van der Waals surface area (Å²) in [6, 6.07) is 6.54. The van der Waals surface area contributed by atoms with E-state index in [-0.39, 0.29) is 17.2 Å². The standard InChI is InChI=1S/C18H23BrFN3O2/c1-25-9-16-21-12-23(22-16)11-18(10-19)7-6-14(17(18)24)8-13-2-4-15(20)5-3-13/h2-5,12,14,17,24H,6-11H2,1H3. The number of benzene rings is 1. The fourth-order valence-corrected chi connectivity index (χ4v) is 4.49. The molecular weight excluding hydrogens is 389 g/mol. The molecule has 3 atom stereocenters. The van der Waals surface area contributed by atoms with Crippen LogP contribution < -0.4 is 0 Å². The number of nitrogens with zero attached hydrogens (tertiary/aromatic N) is 3. The Balaban J connectivity index is 1.69. The van der Waals surface area contributed by atoms with Crippen molar-refractivity contribution in [3.63, 3.8) is 0 Å². The smallest absolute Gasteiger partial charge is 0.176 e. The van der Waals surface area contributed by atoms with E-state index in [1.165, 1.54) is 12.1 Å². The Morgan fingerprint density at radius 1 is 1.40 bits per heavy atom. The van der Waals surface area contributed by atoms with Crippen LogP contribution in [0.25, 0.3) is 0 Å². The summed E-state index contributed by atoms with van der Waals surface area (Å²) in [6.07, 6.45) is 3.84. The molecule has 3 rings (SSSR count). The molecule has 5 nitrogen and oxygen atoms in total. The summed E-state index contributed by atoms with van der Waals surface area (Å²) >= 11 is 3.60. The van der Waals surface area contributed by atoms with Gasteiger partial charge in [0.1, 0.15) is 18.8 Å². The van der Waals surface area contributed by atoms with Crippen LogP contribution in [0.1, 0.15) is 24.2 Å². The summed E-state index contributed by atoms with van der Waals surface area (Å²) < 4.78 is 19.9. The van der Waals surface area contributed by atoms with Gasteiger partial charge in [0.2, 0.25) is 0 Å². The van der Waals surface area contributed by atoms with Gasteiger partial charge in [0.15, 0.2) is 5.82 Å². The predicted molar refractivity (Wildman–Crippen MR) is 95.8 cm³/mol. The highest BCUT2D eigenvalue weighted by atomic mass is 79.9. The van der Waals surface area contributed by atoms with Gasteiger partial charge in [-0.1, -0.05) is 28.1 Å². The average Bonchev–Trinajstić information content (AvgIpc) is 3.17. The number of hydrogen-bond donors (Lipinski definition) is 1. The zero-order chi connectivity index (χ0) is 17.9. The van der Waals surface area contributed by atoms with Crippen LogP contribution >= 0.6 is 15.9 Å². The molecule has 1 aromatic heterocycles. The fraction of sp³-hybridized carbons (Fsp3) is 0.556. The highest BCUT2D eigenvalue weighted by Gasteiger charge is 2.47. The highest BCUT2D eigenvalue weighted by Crippen LogP contribution is 2.45. The maximum Gasteiger partial charge on any atom is 0.176 e. The first-order valence-electron chi connectivity index (χ1n) is 8.42. The lowest BCUT2D eigenvalue weighted by Gasteiger charge is -2.32. The van der Waals surface area contributed by atoms with Crippen LogP contribution in [0.3, 0.4) is 0 Å². The average molecular weight is 412 g/mol. The van der Waals surface area contributed by atoms with E-state index in [9.17, 15) is 9.50 Å². The van der Waals surface area contributed by atoms with Crippen LogP contribution in [0.5, 0.6) is 0 Å². The van der Waals surface area contributed by atoms with Crippen molar-refractivity contribution in [2.24, 2.45) is 11.3 Å². The molecule has 1 aliphatic rings. The Morgan fingerprint density at radius 2 is 2.16 bits per heavy atom. The van der Waals surface area contributed by atoms with Gasteiger partial charge in [-0.3, -0.25) is 4.68 Å². The van der Waals surface area contributed by atoms with Gasteiger partial charge in [0, 0.05) is 17.9 Å². The third-order valence-electron chi connectivity index (χ3n) is 5.10. The first-order valence-corrected chi connectivity index (χ1v) is 9.54. The van der Waals surface area contributed by atoms with Crippen molar-refractivity contribution in [2.45, 2.75) is 38.5 Å². The molecule has 0 aliphatic heterocycles. The summed E-state index contributed by atoms with van der Waals surface area (Å²) in [6.45, 7) is 0.986. The first-order chi connectivity index (χ1) is 12.1. The highest BCUT2D eigenvalue weighted by molar-refractivity contribution is 9.09. The zero-order valence-corrected chi connectivity index (χ0v) is 15.8. The van der Waals surface area contributed by atoms with Crippen molar-refractivity contribution < 1.29 is 14.2 Å². The van der Waals surface area contributed by atoms with E-state index in [4.69, 9.17) is 4.74 Å². The Morgan fingerprint density at radius 3 is 2.84 bits per heavy atom. The molecule has 1 N–H and O–H groups in total. The van der Waals surface area contributed by atoms with E-state index in [1.54, 1.807) is 30.3 Å². The number of rotatable bonds is 7. The van der Waals surface area contributed by atoms with E-state index < -0.39 is 6.10 Å². The molecule has 7 heteroatoms. The topological polar surface area (TPSA) is 60.2 Å². The van der Waals surface area contributed by atoms with Gasteiger partial charge in [0.25, 0.3) is 0 Å². The minimum absolute atomic E-state index is 0.157. The predicted octanol–water partition coefficient (Wildman–Crippen LogP) is 2.96. The van der Waals surface area contributed by atoms with Crippen molar-refractivity contribution in [2.75, 3.05) is 12.4 Å². The van der Waals surface area contributed by atoms with Gasteiger partial charge in [-0.05, 0) is 42.9 Å². The Bertz CT molecular complexity index is 694. The fourth-order valence-electron chi connectivity index (χ4n) is 3.70. The maximum atomic E-state index is 13.1. The van der Waals surface area contributed by atoms with E-state index in [2.05, 4.69) is 26.0 Å². The number of hydrogen-bond acceptors (Lipinski definition) is 4. The number of halogens is 2. The number of aromatic nitrogens is 3. The van der Waals surface area contributed by atoms with E-state index in [1.807, 2.05) is 0 Å². The molecule has 1 aliphatic carbocycles. The van der Waals surface area contributed by atoms with Crippen LogP contribution in [-0.2, 0) is 24.3 Å². The van der Waals surface area contributed by atoms with Gasteiger partial charge < -0.3 is 9.84 Å². The van der Waals surface area contributed by atoms with Gasteiger partial charge in [0.05, 0.1) is 12.6 Å². The summed E-state index contributed by atoms with van der Waals surface area (Å²) in [7, 11) is 1.61. The molecular formula is C18H23BrFN3O2. The number of ether oxygens (including phenoxy) is 1. The van der Waals surface area contributed by atoms with Crippen LogP contribution in [0.4, 0.5) is 4.39 Å². The lowest BCUT2D eigenvalue weighted by atomic mass is 9.83. The molecule has 1 fully saturated rings. The molecule has 1 saturated carbocycles. The van der Waals surface area contributed by atoms with Gasteiger partial charge in [-0.25, -0.2) is 9.37 Å². The van der Waals surface area contributed by atoms with Crippen LogP contribution in [0.15, 0.2) is 30.6 Å². The van der Waals surface area contributed by atoms with Gasteiger partial charge in [-0.15, -0.1) is 0 Å². The SMILES string of the molecule is COCc1ncn(CC2(CBr)CCC(Cc3ccc(F)cc3)C2O)n1. The molecule has 3 unspecified atom stereocenters. The Hall–Kier alpha value is -1.31. The van der Waals surface area contributed by atoms with E-state index in [0.717, 1.165) is 24.8 Å². The molecule has 0 bridgehead atoms. The molecule has 0 spiro atoms. The van der Waals surface area contributed by atoms with Crippen molar-refractivity contribution in [3.05, 3.63) is 47.8 Å².